The Morgan fingerprint density at radius 2 is 1.81 bits per heavy atom. The molecule has 136 valence electrons. The molecule has 3 aromatic carbocycles. The van der Waals surface area contributed by atoms with Crippen LogP contribution in [0.4, 0.5) is 5.69 Å². The molecule has 1 amide bonds. The van der Waals surface area contributed by atoms with Crippen molar-refractivity contribution in [3.05, 3.63) is 94.0 Å². The monoisotopic (exact) mass is 423 g/mol. The van der Waals surface area contributed by atoms with Gasteiger partial charge in [-0.1, -0.05) is 46.3 Å². The van der Waals surface area contributed by atoms with Gasteiger partial charge in [-0.15, -0.1) is 0 Å². The number of rotatable bonds is 6. The van der Waals surface area contributed by atoms with Crippen LogP contribution in [0.1, 0.15) is 21.5 Å². The van der Waals surface area contributed by atoms with Crippen LogP contribution in [0.25, 0.3) is 0 Å². The molecule has 27 heavy (non-hydrogen) atoms. The lowest BCUT2D eigenvalue weighted by Crippen LogP contribution is -2.17. The van der Waals surface area contributed by atoms with Gasteiger partial charge in [0.05, 0.1) is 6.21 Å². The highest BCUT2D eigenvalue weighted by Crippen LogP contribution is 2.22. The van der Waals surface area contributed by atoms with E-state index in [0.717, 1.165) is 15.6 Å². The third-order valence-corrected chi connectivity index (χ3v) is 4.24. The van der Waals surface area contributed by atoms with Gasteiger partial charge in [-0.3, -0.25) is 4.79 Å². The van der Waals surface area contributed by atoms with Crippen molar-refractivity contribution in [1.29, 1.82) is 0 Å². The summed E-state index contributed by atoms with van der Waals surface area (Å²) < 4.78 is 6.78. The SMILES string of the molecule is Nc1ccc(C(=O)NN=Cc2cc(Br)ccc2OCc2ccccc2)cc1. The quantitative estimate of drug-likeness (QED) is 0.351. The lowest BCUT2D eigenvalue weighted by molar-refractivity contribution is 0.0955. The number of anilines is 1. The van der Waals surface area contributed by atoms with Gasteiger partial charge >= 0.3 is 0 Å². The fraction of sp³-hybridized carbons (Fsp3) is 0.0476. The molecule has 3 N–H and O–H groups in total. The van der Waals surface area contributed by atoms with Gasteiger partial charge in [-0.05, 0) is 48.0 Å². The predicted molar refractivity (Wildman–Crippen MR) is 111 cm³/mol. The average Bonchev–Trinajstić information content (AvgIpc) is 2.68. The standard InChI is InChI=1S/C21H18BrN3O2/c22-18-8-11-20(27-14-15-4-2-1-3-5-15)17(12-18)13-24-25-21(26)16-6-9-19(23)10-7-16/h1-13H,14,23H2,(H,25,26). The van der Waals surface area contributed by atoms with Gasteiger partial charge < -0.3 is 10.5 Å². The third-order valence-electron chi connectivity index (χ3n) is 3.75. The Balaban J connectivity index is 1.68. The Bertz CT molecular complexity index is 941. The molecule has 0 fully saturated rings. The molecule has 6 heteroatoms. The molecule has 0 radical (unpaired) electrons. The van der Waals surface area contributed by atoms with Crippen LogP contribution in [0.2, 0.25) is 0 Å². The molecule has 0 saturated carbocycles. The zero-order valence-electron chi connectivity index (χ0n) is 14.4. The molecular weight excluding hydrogens is 406 g/mol. The van der Waals surface area contributed by atoms with Crippen LogP contribution >= 0.6 is 15.9 Å². The maximum absolute atomic E-state index is 12.1. The number of halogens is 1. The Labute approximate surface area is 166 Å². The Morgan fingerprint density at radius 3 is 2.56 bits per heavy atom. The topological polar surface area (TPSA) is 76.7 Å². The number of nitrogens with one attached hydrogen (secondary N) is 1. The second-order valence-electron chi connectivity index (χ2n) is 5.78. The van der Waals surface area contributed by atoms with Crippen molar-refractivity contribution < 1.29 is 9.53 Å². The van der Waals surface area contributed by atoms with E-state index in [2.05, 4.69) is 26.5 Å². The summed E-state index contributed by atoms with van der Waals surface area (Å²) in [5.41, 5.74) is 11.0. The summed E-state index contributed by atoms with van der Waals surface area (Å²) in [6, 6.07) is 22.2. The third kappa shape index (κ3) is 5.43. The number of benzene rings is 3. The van der Waals surface area contributed by atoms with E-state index < -0.39 is 0 Å². The van der Waals surface area contributed by atoms with Gasteiger partial charge in [0.15, 0.2) is 0 Å². The lowest BCUT2D eigenvalue weighted by Gasteiger charge is -2.09. The van der Waals surface area contributed by atoms with Crippen LogP contribution in [0.15, 0.2) is 82.4 Å². The largest absolute Gasteiger partial charge is 0.488 e. The molecule has 0 aromatic heterocycles. The highest BCUT2D eigenvalue weighted by atomic mass is 79.9. The maximum Gasteiger partial charge on any atom is 0.271 e. The van der Waals surface area contributed by atoms with E-state index in [0.29, 0.717) is 23.6 Å². The minimum Gasteiger partial charge on any atom is -0.488 e. The molecule has 0 aliphatic rings. The molecule has 0 saturated heterocycles. The van der Waals surface area contributed by atoms with Crippen molar-refractivity contribution >= 4 is 33.7 Å². The van der Waals surface area contributed by atoms with Gasteiger partial charge in [0.2, 0.25) is 0 Å². The van der Waals surface area contributed by atoms with E-state index in [1.165, 1.54) is 0 Å². The summed E-state index contributed by atoms with van der Waals surface area (Å²) in [6.45, 7) is 0.446. The van der Waals surface area contributed by atoms with Crippen molar-refractivity contribution in [1.82, 2.24) is 5.43 Å². The zero-order valence-corrected chi connectivity index (χ0v) is 16.0. The van der Waals surface area contributed by atoms with Crippen molar-refractivity contribution in [3.63, 3.8) is 0 Å². The van der Waals surface area contributed by atoms with Crippen LogP contribution < -0.4 is 15.9 Å². The molecule has 0 bridgehead atoms. The Morgan fingerprint density at radius 1 is 1.07 bits per heavy atom. The summed E-state index contributed by atoms with van der Waals surface area (Å²) in [7, 11) is 0. The fourth-order valence-electron chi connectivity index (χ4n) is 2.35. The fourth-order valence-corrected chi connectivity index (χ4v) is 2.73. The number of hydrazone groups is 1. The van der Waals surface area contributed by atoms with Gasteiger partial charge in [-0.2, -0.15) is 5.10 Å². The second-order valence-corrected chi connectivity index (χ2v) is 6.69. The van der Waals surface area contributed by atoms with Gasteiger partial charge in [-0.25, -0.2) is 5.43 Å². The van der Waals surface area contributed by atoms with Crippen molar-refractivity contribution in [2.45, 2.75) is 6.61 Å². The molecule has 0 unspecified atom stereocenters. The van der Waals surface area contributed by atoms with E-state index in [9.17, 15) is 4.79 Å². The van der Waals surface area contributed by atoms with Gasteiger partial charge in [0.1, 0.15) is 12.4 Å². The lowest BCUT2D eigenvalue weighted by atomic mass is 10.2. The van der Waals surface area contributed by atoms with Gasteiger partial charge in [0, 0.05) is 21.3 Å². The predicted octanol–water partition coefficient (Wildman–Crippen LogP) is 4.37. The van der Waals surface area contributed by atoms with E-state index in [1.807, 2.05) is 48.5 Å². The average molecular weight is 424 g/mol. The number of carbonyl (C=O) groups is 1. The smallest absolute Gasteiger partial charge is 0.271 e. The summed E-state index contributed by atoms with van der Waals surface area (Å²) in [4.78, 5) is 12.1. The molecular formula is C21H18BrN3O2. The van der Waals surface area contributed by atoms with Gasteiger partial charge in [0.25, 0.3) is 5.91 Å². The number of nitrogens with two attached hydrogens (primary N) is 1. The molecule has 0 spiro atoms. The summed E-state index contributed by atoms with van der Waals surface area (Å²) >= 11 is 3.44. The number of carbonyl (C=O) groups excluding carboxylic acids is 1. The van der Waals surface area contributed by atoms with E-state index in [-0.39, 0.29) is 5.91 Å². The minimum absolute atomic E-state index is 0.312. The normalized spacial score (nSPS) is 10.7. The number of ether oxygens (including phenoxy) is 1. The second kappa shape index (κ2) is 9.00. The number of hydrogen-bond acceptors (Lipinski definition) is 4. The Hall–Kier alpha value is -3.12. The number of amides is 1. The molecule has 5 nitrogen and oxygen atoms in total. The number of hydrogen-bond donors (Lipinski definition) is 2. The van der Waals surface area contributed by atoms with Crippen LogP contribution in [-0.4, -0.2) is 12.1 Å². The molecule has 0 atom stereocenters. The van der Waals surface area contributed by atoms with Crippen LogP contribution in [0.5, 0.6) is 5.75 Å². The first-order valence-corrected chi connectivity index (χ1v) is 9.06. The summed E-state index contributed by atoms with van der Waals surface area (Å²) in [6.07, 6.45) is 1.56. The van der Waals surface area contributed by atoms with E-state index in [1.54, 1.807) is 30.5 Å². The highest BCUT2D eigenvalue weighted by Gasteiger charge is 2.06. The minimum atomic E-state index is -0.312. The molecule has 0 aliphatic heterocycles. The first kappa shape index (κ1) is 18.7. The number of nitrogen functional groups attached to an aromatic ring is 1. The van der Waals surface area contributed by atoms with Crippen LogP contribution in [0.3, 0.4) is 0 Å². The summed E-state index contributed by atoms with van der Waals surface area (Å²) in [5.74, 6) is 0.362. The first-order valence-electron chi connectivity index (χ1n) is 8.27. The molecule has 0 aliphatic carbocycles. The van der Waals surface area contributed by atoms with Crippen molar-refractivity contribution in [3.8, 4) is 5.75 Å². The van der Waals surface area contributed by atoms with Crippen molar-refractivity contribution in [2.24, 2.45) is 5.10 Å². The molecule has 0 heterocycles. The van der Waals surface area contributed by atoms with Crippen LogP contribution in [0, 0.1) is 0 Å². The summed E-state index contributed by atoms with van der Waals surface area (Å²) in [5, 5.41) is 4.04. The van der Waals surface area contributed by atoms with Crippen LogP contribution in [-0.2, 0) is 6.61 Å². The first-order chi connectivity index (χ1) is 13.1. The number of nitrogens with zero attached hydrogens (tertiary/aromatic N) is 1. The maximum atomic E-state index is 12.1. The van der Waals surface area contributed by atoms with E-state index >= 15 is 0 Å². The highest BCUT2D eigenvalue weighted by molar-refractivity contribution is 9.10. The van der Waals surface area contributed by atoms with E-state index in [4.69, 9.17) is 10.5 Å². The Kier molecular flexibility index (Phi) is 6.22. The van der Waals surface area contributed by atoms with Crippen molar-refractivity contribution in [2.75, 3.05) is 5.73 Å². The molecule has 3 aromatic rings. The zero-order chi connectivity index (χ0) is 19.1. The molecule has 3 rings (SSSR count).